The summed E-state index contributed by atoms with van der Waals surface area (Å²) in [7, 11) is 0. The molecule has 1 atom stereocenters. The number of nitrogens with zero attached hydrogens (tertiary/aromatic N) is 3. The highest BCUT2D eigenvalue weighted by atomic mass is 19.4. The smallest absolute Gasteiger partial charge is 0.419 e. The van der Waals surface area contributed by atoms with Crippen LogP contribution in [0.2, 0.25) is 0 Å². The van der Waals surface area contributed by atoms with E-state index in [2.05, 4.69) is 10.3 Å². The second kappa shape index (κ2) is 6.88. The van der Waals surface area contributed by atoms with Crippen LogP contribution in [0.5, 0.6) is 5.75 Å². The molecule has 0 aliphatic carbocycles. The molecule has 1 fully saturated rings. The number of hydrogen-bond donors (Lipinski definition) is 0. The standard InChI is InChI=1S/C18H18F3N3O3/c1-11-6-13(23-27-11)10-26-16-8-15-12(7-14(16)18(19,20)21)9-22-24(15)17-4-2-3-5-25-17/h6-9,17H,2-5,10H2,1H3. The molecule has 6 nitrogen and oxygen atoms in total. The van der Waals surface area contributed by atoms with Crippen molar-refractivity contribution in [2.45, 2.75) is 45.2 Å². The van der Waals surface area contributed by atoms with Crippen LogP contribution < -0.4 is 4.74 Å². The third-order valence-electron chi connectivity index (χ3n) is 4.48. The van der Waals surface area contributed by atoms with Crippen molar-refractivity contribution >= 4 is 10.9 Å². The summed E-state index contributed by atoms with van der Waals surface area (Å²) in [5.41, 5.74) is 0.116. The lowest BCUT2D eigenvalue weighted by Gasteiger charge is -2.23. The molecule has 1 aromatic carbocycles. The van der Waals surface area contributed by atoms with Crippen molar-refractivity contribution in [1.82, 2.24) is 14.9 Å². The fourth-order valence-corrected chi connectivity index (χ4v) is 3.20. The molecule has 144 valence electrons. The summed E-state index contributed by atoms with van der Waals surface area (Å²) in [4.78, 5) is 0. The maximum atomic E-state index is 13.5. The van der Waals surface area contributed by atoms with Gasteiger partial charge in [-0.3, -0.25) is 0 Å². The quantitative estimate of drug-likeness (QED) is 0.659. The molecule has 1 aliphatic rings. The van der Waals surface area contributed by atoms with Crippen molar-refractivity contribution in [3.05, 3.63) is 41.4 Å². The number of halogens is 3. The van der Waals surface area contributed by atoms with Gasteiger partial charge in [0, 0.05) is 24.1 Å². The van der Waals surface area contributed by atoms with Gasteiger partial charge in [0.25, 0.3) is 0 Å². The molecular weight excluding hydrogens is 363 g/mol. The summed E-state index contributed by atoms with van der Waals surface area (Å²) < 4.78 is 58.2. The Morgan fingerprint density at radius 2 is 2.11 bits per heavy atom. The first kappa shape index (κ1) is 17.8. The Balaban J connectivity index is 1.71. The molecule has 0 radical (unpaired) electrons. The van der Waals surface area contributed by atoms with Crippen LogP contribution in [-0.2, 0) is 17.5 Å². The highest BCUT2D eigenvalue weighted by Crippen LogP contribution is 2.40. The van der Waals surface area contributed by atoms with Gasteiger partial charge in [0.1, 0.15) is 23.8 Å². The zero-order chi connectivity index (χ0) is 19.0. The van der Waals surface area contributed by atoms with Gasteiger partial charge < -0.3 is 14.0 Å². The van der Waals surface area contributed by atoms with Gasteiger partial charge in [-0.25, -0.2) is 4.68 Å². The number of aromatic nitrogens is 3. The Kier molecular flexibility index (Phi) is 4.55. The van der Waals surface area contributed by atoms with Crippen LogP contribution in [0.15, 0.2) is 28.9 Å². The summed E-state index contributed by atoms with van der Waals surface area (Å²) in [5, 5.41) is 8.38. The Bertz CT molecular complexity index is 942. The zero-order valence-corrected chi connectivity index (χ0v) is 14.6. The number of fused-ring (bicyclic) bond motifs is 1. The topological polar surface area (TPSA) is 62.3 Å². The molecule has 3 aromatic rings. The molecule has 0 amide bonds. The summed E-state index contributed by atoms with van der Waals surface area (Å²) in [5.74, 6) is 0.292. The molecule has 0 N–H and O–H groups in total. The molecule has 1 aliphatic heterocycles. The molecule has 2 aromatic heterocycles. The highest BCUT2D eigenvalue weighted by molar-refractivity contribution is 5.82. The number of alkyl halides is 3. The minimum absolute atomic E-state index is 0.125. The van der Waals surface area contributed by atoms with Crippen LogP contribution in [0.1, 0.15) is 42.5 Å². The Morgan fingerprint density at radius 1 is 1.26 bits per heavy atom. The van der Waals surface area contributed by atoms with Crippen LogP contribution in [0.4, 0.5) is 13.2 Å². The number of rotatable bonds is 4. The van der Waals surface area contributed by atoms with Crippen LogP contribution >= 0.6 is 0 Å². The second-order valence-corrected chi connectivity index (χ2v) is 6.53. The average molecular weight is 381 g/mol. The lowest BCUT2D eigenvalue weighted by Crippen LogP contribution is -2.19. The van der Waals surface area contributed by atoms with Crippen LogP contribution in [0.3, 0.4) is 0 Å². The molecule has 0 spiro atoms. The van der Waals surface area contributed by atoms with E-state index in [9.17, 15) is 13.2 Å². The van der Waals surface area contributed by atoms with Crippen LogP contribution in [-0.4, -0.2) is 21.5 Å². The van der Waals surface area contributed by atoms with Crippen molar-refractivity contribution in [2.75, 3.05) is 6.61 Å². The van der Waals surface area contributed by atoms with Gasteiger partial charge in [0.2, 0.25) is 0 Å². The van der Waals surface area contributed by atoms with E-state index >= 15 is 0 Å². The summed E-state index contributed by atoms with van der Waals surface area (Å²) in [6, 6.07) is 4.05. The first-order valence-electron chi connectivity index (χ1n) is 8.67. The molecule has 0 saturated carbocycles. The number of ether oxygens (including phenoxy) is 2. The Hall–Kier alpha value is -2.55. The average Bonchev–Trinajstić information content (AvgIpc) is 3.24. The predicted molar refractivity (Wildman–Crippen MR) is 89.1 cm³/mol. The first-order chi connectivity index (χ1) is 12.9. The van der Waals surface area contributed by atoms with E-state index in [-0.39, 0.29) is 18.6 Å². The molecular formula is C18H18F3N3O3. The van der Waals surface area contributed by atoms with Crippen molar-refractivity contribution in [3.8, 4) is 5.75 Å². The third-order valence-corrected chi connectivity index (χ3v) is 4.48. The first-order valence-corrected chi connectivity index (χ1v) is 8.67. The van der Waals surface area contributed by atoms with E-state index in [1.807, 2.05) is 0 Å². The monoisotopic (exact) mass is 381 g/mol. The molecule has 0 bridgehead atoms. The number of hydrogen-bond acceptors (Lipinski definition) is 5. The number of aryl methyl sites for hydroxylation is 1. The largest absolute Gasteiger partial charge is 0.486 e. The van der Waals surface area contributed by atoms with Crippen molar-refractivity contribution in [1.29, 1.82) is 0 Å². The minimum Gasteiger partial charge on any atom is -0.486 e. The van der Waals surface area contributed by atoms with Gasteiger partial charge in [-0.15, -0.1) is 0 Å². The van der Waals surface area contributed by atoms with E-state index in [1.165, 1.54) is 12.3 Å². The van der Waals surface area contributed by atoms with E-state index < -0.39 is 11.7 Å². The maximum absolute atomic E-state index is 13.5. The van der Waals surface area contributed by atoms with Gasteiger partial charge in [-0.05, 0) is 32.3 Å². The Labute approximate surface area is 152 Å². The normalized spacial score (nSPS) is 18.1. The lowest BCUT2D eigenvalue weighted by molar-refractivity contribution is -0.138. The van der Waals surface area contributed by atoms with Crippen molar-refractivity contribution in [3.63, 3.8) is 0 Å². The van der Waals surface area contributed by atoms with E-state index in [1.54, 1.807) is 17.7 Å². The van der Waals surface area contributed by atoms with Crippen LogP contribution in [0.25, 0.3) is 10.9 Å². The molecule has 3 heterocycles. The second-order valence-electron chi connectivity index (χ2n) is 6.53. The van der Waals surface area contributed by atoms with E-state index in [4.69, 9.17) is 14.0 Å². The highest BCUT2D eigenvalue weighted by Gasteiger charge is 2.35. The van der Waals surface area contributed by atoms with Gasteiger partial charge in [-0.1, -0.05) is 5.16 Å². The molecule has 1 saturated heterocycles. The fourth-order valence-electron chi connectivity index (χ4n) is 3.20. The van der Waals surface area contributed by atoms with Gasteiger partial charge in [-0.2, -0.15) is 18.3 Å². The van der Waals surface area contributed by atoms with Gasteiger partial charge in [0.15, 0.2) is 6.23 Å². The van der Waals surface area contributed by atoms with Crippen LogP contribution in [0, 0.1) is 6.92 Å². The Morgan fingerprint density at radius 3 is 2.78 bits per heavy atom. The SMILES string of the molecule is Cc1cc(COc2cc3c(cnn3C3CCCCO3)cc2C(F)(F)F)no1. The summed E-state index contributed by atoms with van der Waals surface area (Å²) in [6.07, 6.45) is -0.674. The molecule has 4 rings (SSSR count). The van der Waals surface area contributed by atoms with Gasteiger partial charge >= 0.3 is 6.18 Å². The zero-order valence-electron chi connectivity index (χ0n) is 14.6. The maximum Gasteiger partial charge on any atom is 0.419 e. The van der Waals surface area contributed by atoms with Crippen molar-refractivity contribution in [2.24, 2.45) is 0 Å². The van der Waals surface area contributed by atoms with E-state index in [0.29, 0.717) is 29.0 Å². The molecule has 9 heteroatoms. The molecule has 1 unspecified atom stereocenters. The number of benzene rings is 1. The van der Waals surface area contributed by atoms with Crippen molar-refractivity contribution < 1.29 is 27.2 Å². The third kappa shape index (κ3) is 3.64. The fraction of sp³-hybridized carbons (Fsp3) is 0.444. The summed E-state index contributed by atoms with van der Waals surface area (Å²) >= 11 is 0. The minimum atomic E-state index is -4.55. The molecule has 27 heavy (non-hydrogen) atoms. The lowest BCUT2D eigenvalue weighted by atomic mass is 10.1. The van der Waals surface area contributed by atoms with E-state index in [0.717, 1.165) is 25.3 Å². The van der Waals surface area contributed by atoms with Gasteiger partial charge in [0.05, 0.1) is 17.3 Å². The summed E-state index contributed by atoms with van der Waals surface area (Å²) in [6.45, 7) is 2.19. The predicted octanol–water partition coefficient (Wildman–Crippen LogP) is 4.63.